The number of nitrogens with one attached hydrogen (secondary N) is 1. The number of hydrogen-bond acceptors (Lipinski definition) is 12. The number of likely N-dealkylation sites (tertiary alicyclic amines) is 2. The van der Waals surface area contributed by atoms with Crippen molar-refractivity contribution in [3.05, 3.63) is 111 Å². The summed E-state index contributed by atoms with van der Waals surface area (Å²) in [5.41, 5.74) is 2.52. The third-order valence-electron chi connectivity index (χ3n) is 16.3. The summed E-state index contributed by atoms with van der Waals surface area (Å²) in [6.45, 7) is 11.5. The Kier molecular flexibility index (Phi) is 13.8. The number of hydrogen-bond donors (Lipinski definition) is 1. The first-order chi connectivity index (χ1) is 35.3. The van der Waals surface area contributed by atoms with Crippen molar-refractivity contribution in [2.75, 3.05) is 90.2 Å². The number of fused-ring (bicyclic) bond motifs is 2. The number of halogens is 3. The van der Waals surface area contributed by atoms with Gasteiger partial charge in [-0.3, -0.25) is 33.6 Å². The molecule has 3 aromatic heterocycles. The Balaban J connectivity index is 0.624. The molecule has 20 heteroatoms. The average Bonchev–Trinajstić information content (AvgIpc) is 3.97. The number of alkyl halides is 3. The lowest BCUT2D eigenvalue weighted by atomic mass is 9.75. The molecule has 11 rings (SSSR count). The molecule has 0 spiro atoms. The van der Waals surface area contributed by atoms with E-state index in [2.05, 4.69) is 41.2 Å². The lowest BCUT2D eigenvalue weighted by Gasteiger charge is -2.41. The first kappa shape index (κ1) is 49.3. The second-order valence-electron chi connectivity index (χ2n) is 21.2. The highest BCUT2D eigenvalue weighted by molar-refractivity contribution is 6.05. The summed E-state index contributed by atoms with van der Waals surface area (Å²) in [5, 5.41) is 10.6. The summed E-state index contributed by atoms with van der Waals surface area (Å²) < 4.78 is 60.4. The maximum Gasteiger partial charge on any atom is 0.418 e. The van der Waals surface area contributed by atoms with Gasteiger partial charge in [0.25, 0.3) is 5.91 Å². The Morgan fingerprint density at radius 2 is 1.66 bits per heavy atom. The van der Waals surface area contributed by atoms with Gasteiger partial charge < -0.3 is 33.6 Å². The molecule has 17 nitrogen and oxygen atoms in total. The van der Waals surface area contributed by atoms with Crippen LogP contribution in [0.25, 0.3) is 11.2 Å². The molecule has 5 aromatic rings. The standard InChI is InChI=1S/C53H64F3N11O6/c1-60-35-57-59-47(60)27-52(33-72-34-52)39-4-2-5-41(26-39)65-32-46-44(53(54,55)56)24-37(30-67(46)51(65)71)29-63-18-12-42(13-19-63)73-23-22-61-16-10-36(11-17-61)28-62-14-3-15-64(21-20-62)40-6-7-43-38(25-40)31-66(50(43)70)45-8-9-48(68)58-49(45)69/h2,4-7,24-26,30,32,35-36,42,45H,3,8-23,27-29,31,33-34H2,1H3,(H,58,68,69). The number of piperidine rings is 3. The van der Waals surface area contributed by atoms with Crippen molar-refractivity contribution < 1.29 is 37.0 Å². The van der Waals surface area contributed by atoms with Gasteiger partial charge in [-0.1, -0.05) is 12.1 Å². The van der Waals surface area contributed by atoms with Crippen molar-refractivity contribution in [1.82, 2.24) is 48.6 Å². The van der Waals surface area contributed by atoms with Gasteiger partial charge in [0.1, 0.15) is 18.2 Å². The Morgan fingerprint density at radius 3 is 2.40 bits per heavy atom. The first-order valence-corrected chi connectivity index (χ1v) is 25.9. The highest BCUT2D eigenvalue weighted by Crippen LogP contribution is 2.38. The van der Waals surface area contributed by atoms with Crippen LogP contribution in [0.3, 0.4) is 0 Å². The molecule has 1 N–H and O–H groups in total. The molecule has 73 heavy (non-hydrogen) atoms. The van der Waals surface area contributed by atoms with Gasteiger partial charge in [0, 0.05) is 108 Å². The molecule has 0 aliphatic carbocycles. The highest BCUT2D eigenvalue weighted by atomic mass is 19.4. The number of nitrogens with zero attached hydrogens (tertiary/aromatic N) is 10. The molecule has 1 unspecified atom stereocenters. The van der Waals surface area contributed by atoms with Gasteiger partial charge >= 0.3 is 11.9 Å². The number of pyridine rings is 1. The van der Waals surface area contributed by atoms with Crippen LogP contribution < -0.4 is 15.9 Å². The minimum Gasteiger partial charge on any atom is -0.379 e. The zero-order chi connectivity index (χ0) is 50.4. The van der Waals surface area contributed by atoms with Crippen LogP contribution in [0, 0.1) is 5.92 Å². The number of carbonyl (C=O) groups is 3. The van der Waals surface area contributed by atoms with Crippen molar-refractivity contribution in [3.8, 4) is 5.69 Å². The van der Waals surface area contributed by atoms with Crippen LogP contribution in [0.1, 0.15) is 83.4 Å². The molecule has 2 aromatic carbocycles. The second kappa shape index (κ2) is 20.4. The third-order valence-corrected chi connectivity index (χ3v) is 16.3. The molecule has 6 aliphatic rings. The molecule has 0 radical (unpaired) electrons. The summed E-state index contributed by atoms with van der Waals surface area (Å²) in [6, 6.07) is 14.0. The van der Waals surface area contributed by atoms with E-state index < -0.39 is 34.8 Å². The molecule has 3 amide bonds. The Morgan fingerprint density at radius 1 is 0.849 bits per heavy atom. The van der Waals surface area contributed by atoms with E-state index in [4.69, 9.17) is 9.47 Å². The first-order valence-electron chi connectivity index (χ1n) is 25.9. The summed E-state index contributed by atoms with van der Waals surface area (Å²) in [4.78, 5) is 62.6. The minimum absolute atomic E-state index is 0.0925. The van der Waals surface area contributed by atoms with Crippen LogP contribution in [0.15, 0.2) is 72.0 Å². The molecule has 9 heterocycles. The largest absolute Gasteiger partial charge is 0.418 e. The van der Waals surface area contributed by atoms with Gasteiger partial charge in [-0.2, -0.15) is 13.2 Å². The smallest absolute Gasteiger partial charge is 0.379 e. The minimum atomic E-state index is -4.66. The number of aryl methyl sites for hydroxylation is 1. The van der Waals surface area contributed by atoms with E-state index in [0.717, 1.165) is 112 Å². The van der Waals surface area contributed by atoms with E-state index >= 15 is 0 Å². The number of imide groups is 1. The average molecular weight is 1010 g/mol. The van der Waals surface area contributed by atoms with Crippen LogP contribution in [0.5, 0.6) is 0 Å². The second-order valence-corrected chi connectivity index (χ2v) is 21.2. The summed E-state index contributed by atoms with van der Waals surface area (Å²) in [7, 11) is 1.88. The Bertz CT molecular complexity index is 2910. The van der Waals surface area contributed by atoms with Crippen molar-refractivity contribution >= 4 is 28.9 Å². The lowest BCUT2D eigenvalue weighted by Crippen LogP contribution is -2.52. The maximum atomic E-state index is 14.7. The van der Waals surface area contributed by atoms with E-state index in [9.17, 15) is 32.3 Å². The monoisotopic (exact) mass is 1010 g/mol. The maximum absolute atomic E-state index is 14.7. The van der Waals surface area contributed by atoms with Gasteiger partial charge in [0.15, 0.2) is 0 Å². The number of ether oxygens (including phenoxy) is 2. The summed E-state index contributed by atoms with van der Waals surface area (Å²) in [6.07, 6.45) is 6.01. The molecule has 5 fully saturated rings. The predicted molar refractivity (Wildman–Crippen MR) is 264 cm³/mol. The van der Waals surface area contributed by atoms with Gasteiger partial charge in [0.05, 0.1) is 42.7 Å². The zero-order valence-electron chi connectivity index (χ0n) is 41.4. The van der Waals surface area contributed by atoms with E-state index in [1.807, 2.05) is 41.9 Å². The van der Waals surface area contributed by atoms with Crippen LogP contribution in [-0.2, 0) is 57.2 Å². The zero-order valence-corrected chi connectivity index (χ0v) is 41.4. The third kappa shape index (κ3) is 10.3. The number of anilines is 1. The Hall–Kier alpha value is -5.93. The normalized spacial score (nSPS) is 22.0. The molecule has 388 valence electrons. The SMILES string of the molecule is Cn1cnnc1CC1(c2cccc(-n3cc4c(C(F)(F)F)cc(CN5CCC(OCCN6CCC(CN7CCCN(c8ccc9c(c8)CN(C8CCC(=O)NC8=O)C9=O)CC7)CC6)CC5)cn4c3=O)c2)COC1. The van der Waals surface area contributed by atoms with Crippen LogP contribution >= 0.6 is 0 Å². The number of benzene rings is 2. The summed E-state index contributed by atoms with van der Waals surface area (Å²) in [5.74, 6) is 0.604. The van der Waals surface area contributed by atoms with Crippen molar-refractivity contribution in [2.24, 2.45) is 13.0 Å². The van der Waals surface area contributed by atoms with Crippen molar-refractivity contribution in [3.63, 3.8) is 0 Å². The molecule has 6 aliphatic heterocycles. The quantitative estimate of drug-likeness (QED) is 0.157. The number of rotatable bonds is 14. The van der Waals surface area contributed by atoms with Crippen LogP contribution in [-0.4, -0.2) is 158 Å². The van der Waals surface area contributed by atoms with E-state index in [1.54, 1.807) is 23.5 Å². The molecular weight excluding hydrogens is 944 g/mol. The molecule has 5 saturated heterocycles. The topological polar surface area (TPSA) is 155 Å². The van der Waals surface area contributed by atoms with E-state index in [-0.39, 0.29) is 29.9 Å². The Labute approximate surface area is 421 Å². The lowest BCUT2D eigenvalue weighted by molar-refractivity contribution is -0.137. The fourth-order valence-corrected chi connectivity index (χ4v) is 12.0. The van der Waals surface area contributed by atoms with Gasteiger partial charge in [-0.05, 0) is 117 Å². The predicted octanol–water partition coefficient (Wildman–Crippen LogP) is 4.41. The van der Waals surface area contributed by atoms with Crippen molar-refractivity contribution in [1.29, 1.82) is 0 Å². The fraction of sp³-hybridized carbons (Fsp3) is 0.547. The molecule has 0 bridgehead atoms. The molecular formula is C53H64F3N11O6. The number of carbonyl (C=O) groups excluding carboxylic acids is 3. The highest BCUT2D eigenvalue weighted by Gasteiger charge is 2.43. The van der Waals surface area contributed by atoms with Gasteiger partial charge in [-0.15, -0.1) is 10.2 Å². The summed E-state index contributed by atoms with van der Waals surface area (Å²) >= 11 is 0. The molecule has 1 atom stereocenters. The van der Waals surface area contributed by atoms with Crippen LogP contribution in [0.2, 0.25) is 0 Å². The van der Waals surface area contributed by atoms with E-state index in [1.165, 1.54) is 16.8 Å². The molecule has 0 saturated carbocycles. The van der Waals surface area contributed by atoms with Gasteiger partial charge in [0.2, 0.25) is 11.8 Å². The van der Waals surface area contributed by atoms with E-state index in [0.29, 0.717) is 81.6 Å². The number of amides is 3. The van der Waals surface area contributed by atoms with Gasteiger partial charge in [-0.25, -0.2) is 4.79 Å². The van der Waals surface area contributed by atoms with Crippen molar-refractivity contribution in [2.45, 2.75) is 88.2 Å². The number of imidazole rings is 1. The number of aromatic nitrogens is 5. The fourth-order valence-electron chi connectivity index (χ4n) is 12.0. The van der Waals surface area contributed by atoms with Crippen LogP contribution in [0.4, 0.5) is 18.9 Å².